The number of aryl methyl sites for hydroxylation is 1. The van der Waals surface area contributed by atoms with Crippen molar-refractivity contribution in [1.29, 1.82) is 0 Å². The van der Waals surface area contributed by atoms with E-state index in [1.165, 1.54) is 5.56 Å². The first-order chi connectivity index (χ1) is 8.92. The minimum absolute atomic E-state index is 0.195. The summed E-state index contributed by atoms with van der Waals surface area (Å²) in [5.74, 6) is 1.64. The summed E-state index contributed by atoms with van der Waals surface area (Å²) < 4.78 is 11.1. The highest BCUT2D eigenvalue weighted by atomic mass is 16.5. The highest BCUT2D eigenvalue weighted by Crippen LogP contribution is 2.27. The Labute approximate surface area is 117 Å². The maximum Gasteiger partial charge on any atom is 0.161 e. The Bertz CT molecular complexity index is 383. The van der Waals surface area contributed by atoms with E-state index in [4.69, 9.17) is 9.47 Å². The molecule has 0 amide bonds. The second-order valence-corrected chi connectivity index (χ2v) is 5.89. The number of benzene rings is 1. The van der Waals surface area contributed by atoms with Crippen molar-refractivity contribution in [2.75, 3.05) is 20.3 Å². The Morgan fingerprint density at radius 1 is 1.11 bits per heavy atom. The van der Waals surface area contributed by atoms with Crippen LogP contribution < -0.4 is 14.8 Å². The predicted molar refractivity (Wildman–Crippen MR) is 80.2 cm³/mol. The molecular weight excluding hydrogens is 238 g/mol. The van der Waals surface area contributed by atoms with E-state index in [1.54, 1.807) is 7.11 Å². The van der Waals surface area contributed by atoms with Gasteiger partial charge in [-0.2, -0.15) is 0 Å². The molecule has 0 bridgehead atoms. The van der Waals surface area contributed by atoms with Gasteiger partial charge >= 0.3 is 0 Å². The molecule has 1 aromatic carbocycles. The molecule has 0 atom stereocenters. The Hall–Kier alpha value is -1.22. The average molecular weight is 265 g/mol. The number of unbranched alkanes of at least 4 members (excludes halogenated alkanes) is 1. The molecule has 0 aliphatic heterocycles. The zero-order valence-electron chi connectivity index (χ0n) is 12.9. The van der Waals surface area contributed by atoms with Gasteiger partial charge in [-0.15, -0.1) is 0 Å². The van der Waals surface area contributed by atoms with Crippen LogP contribution in [0.2, 0.25) is 0 Å². The molecule has 1 aromatic rings. The highest BCUT2D eigenvalue weighted by Gasteiger charge is 2.07. The number of rotatable bonds is 7. The Morgan fingerprint density at radius 3 is 2.47 bits per heavy atom. The van der Waals surface area contributed by atoms with Gasteiger partial charge in [0.25, 0.3) is 0 Å². The maximum atomic E-state index is 5.76. The van der Waals surface area contributed by atoms with Gasteiger partial charge in [0.2, 0.25) is 0 Å². The lowest BCUT2D eigenvalue weighted by atomic mass is 10.1. The fourth-order valence-corrected chi connectivity index (χ4v) is 1.77. The third-order valence-corrected chi connectivity index (χ3v) is 2.80. The minimum Gasteiger partial charge on any atom is -0.493 e. The third-order valence-electron chi connectivity index (χ3n) is 2.80. The first kappa shape index (κ1) is 15.8. The van der Waals surface area contributed by atoms with E-state index in [-0.39, 0.29) is 5.54 Å². The Balaban J connectivity index is 2.26. The molecule has 0 heterocycles. The van der Waals surface area contributed by atoms with E-state index in [0.29, 0.717) is 0 Å². The van der Waals surface area contributed by atoms with Gasteiger partial charge in [0.15, 0.2) is 11.5 Å². The summed E-state index contributed by atoms with van der Waals surface area (Å²) in [5, 5.41) is 3.47. The van der Waals surface area contributed by atoms with Crippen molar-refractivity contribution in [1.82, 2.24) is 5.32 Å². The zero-order valence-corrected chi connectivity index (χ0v) is 12.9. The lowest BCUT2D eigenvalue weighted by molar-refractivity contribution is 0.283. The monoisotopic (exact) mass is 265 g/mol. The van der Waals surface area contributed by atoms with Gasteiger partial charge in [-0.05, 0) is 64.8 Å². The fourth-order valence-electron chi connectivity index (χ4n) is 1.77. The van der Waals surface area contributed by atoms with Crippen LogP contribution in [0.3, 0.4) is 0 Å². The van der Waals surface area contributed by atoms with Crippen LogP contribution in [0.25, 0.3) is 0 Å². The van der Waals surface area contributed by atoms with Crippen molar-refractivity contribution in [2.24, 2.45) is 0 Å². The molecule has 19 heavy (non-hydrogen) atoms. The molecule has 0 aromatic heterocycles. The Kier molecular flexibility index (Phi) is 6.16. The summed E-state index contributed by atoms with van der Waals surface area (Å²) in [6.45, 7) is 10.3. The molecule has 0 fully saturated rings. The SMILES string of the molecule is COc1cc(C)ccc1OCCCCNC(C)(C)C. The molecule has 3 nitrogen and oxygen atoms in total. The molecule has 0 unspecified atom stereocenters. The molecular formula is C16H27NO2. The van der Waals surface area contributed by atoms with Crippen LogP contribution in [0.15, 0.2) is 18.2 Å². The lowest BCUT2D eigenvalue weighted by Crippen LogP contribution is -2.36. The van der Waals surface area contributed by atoms with Crippen molar-refractivity contribution in [2.45, 2.75) is 46.1 Å². The van der Waals surface area contributed by atoms with E-state index in [2.05, 4.69) is 26.1 Å². The van der Waals surface area contributed by atoms with E-state index < -0.39 is 0 Å². The quantitative estimate of drug-likeness (QED) is 0.765. The van der Waals surface area contributed by atoms with Crippen LogP contribution in [0, 0.1) is 6.92 Å². The normalized spacial score (nSPS) is 11.4. The van der Waals surface area contributed by atoms with Crippen molar-refractivity contribution in [3.05, 3.63) is 23.8 Å². The van der Waals surface area contributed by atoms with Gasteiger partial charge in [-0.1, -0.05) is 6.07 Å². The smallest absolute Gasteiger partial charge is 0.161 e. The van der Waals surface area contributed by atoms with Crippen LogP contribution in [0.4, 0.5) is 0 Å². The first-order valence-electron chi connectivity index (χ1n) is 6.95. The lowest BCUT2D eigenvalue weighted by Gasteiger charge is -2.20. The van der Waals surface area contributed by atoms with Gasteiger partial charge in [0.1, 0.15) is 0 Å². The average Bonchev–Trinajstić information content (AvgIpc) is 2.33. The summed E-state index contributed by atoms with van der Waals surface area (Å²) >= 11 is 0. The highest BCUT2D eigenvalue weighted by molar-refractivity contribution is 5.42. The zero-order chi connectivity index (χ0) is 14.3. The van der Waals surface area contributed by atoms with Crippen molar-refractivity contribution in [3.63, 3.8) is 0 Å². The molecule has 3 heteroatoms. The molecule has 0 radical (unpaired) electrons. The van der Waals surface area contributed by atoms with Gasteiger partial charge < -0.3 is 14.8 Å². The van der Waals surface area contributed by atoms with Crippen LogP contribution >= 0.6 is 0 Å². The largest absolute Gasteiger partial charge is 0.493 e. The van der Waals surface area contributed by atoms with E-state index in [1.807, 2.05) is 25.1 Å². The minimum atomic E-state index is 0.195. The Morgan fingerprint density at radius 2 is 1.84 bits per heavy atom. The summed E-state index contributed by atoms with van der Waals surface area (Å²) in [6, 6.07) is 6.01. The molecule has 1 rings (SSSR count). The van der Waals surface area contributed by atoms with Crippen LogP contribution in [-0.4, -0.2) is 25.8 Å². The molecule has 108 valence electrons. The van der Waals surface area contributed by atoms with Gasteiger partial charge in [0.05, 0.1) is 13.7 Å². The maximum absolute atomic E-state index is 5.76. The third kappa shape index (κ3) is 6.48. The second-order valence-electron chi connectivity index (χ2n) is 5.89. The molecule has 0 spiro atoms. The van der Waals surface area contributed by atoms with Crippen molar-refractivity contribution < 1.29 is 9.47 Å². The van der Waals surface area contributed by atoms with Crippen LogP contribution in [0.1, 0.15) is 39.2 Å². The van der Waals surface area contributed by atoms with Gasteiger partial charge in [0, 0.05) is 5.54 Å². The number of nitrogens with one attached hydrogen (secondary N) is 1. The molecule has 0 saturated carbocycles. The van der Waals surface area contributed by atoms with E-state index >= 15 is 0 Å². The van der Waals surface area contributed by atoms with Crippen molar-refractivity contribution >= 4 is 0 Å². The molecule has 0 saturated heterocycles. The number of hydrogen-bond donors (Lipinski definition) is 1. The summed E-state index contributed by atoms with van der Waals surface area (Å²) in [4.78, 5) is 0. The van der Waals surface area contributed by atoms with Crippen molar-refractivity contribution in [3.8, 4) is 11.5 Å². The molecule has 0 aliphatic rings. The van der Waals surface area contributed by atoms with Crippen LogP contribution in [0.5, 0.6) is 11.5 Å². The standard InChI is InChI=1S/C16H27NO2/c1-13-8-9-14(15(12-13)18-5)19-11-7-6-10-17-16(2,3)4/h8-9,12,17H,6-7,10-11H2,1-5H3. The number of ether oxygens (including phenoxy) is 2. The van der Waals surface area contributed by atoms with Gasteiger partial charge in [-0.25, -0.2) is 0 Å². The summed E-state index contributed by atoms with van der Waals surface area (Å²) in [5.41, 5.74) is 1.37. The number of methoxy groups -OCH3 is 1. The molecule has 1 N–H and O–H groups in total. The van der Waals surface area contributed by atoms with Gasteiger partial charge in [-0.3, -0.25) is 0 Å². The summed E-state index contributed by atoms with van der Waals surface area (Å²) in [7, 11) is 1.68. The van der Waals surface area contributed by atoms with Crippen LogP contribution in [-0.2, 0) is 0 Å². The number of hydrogen-bond acceptors (Lipinski definition) is 3. The first-order valence-corrected chi connectivity index (χ1v) is 6.95. The predicted octanol–water partition coefficient (Wildman–Crippen LogP) is 3.55. The fraction of sp³-hybridized carbons (Fsp3) is 0.625. The summed E-state index contributed by atoms with van der Waals surface area (Å²) in [6.07, 6.45) is 2.16. The topological polar surface area (TPSA) is 30.5 Å². The van der Waals surface area contributed by atoms with E-state index in [9.17, 15) is 0 Å². The molecule has 0 aliphatic carbocycles. The van der Waals surface area contributed by atoms with E-state index in [0.717, 1.165) is 37.5 Å². The second kappa shape index (κ2) is 7.39.